The van der Waals surface area contributed by atoms with E-state index < -0.39 is 12.8 Å². The first-order chi connectivity index (χ1) is 13.7. The maximum Gasteiger partial charge on any atom is 0.411 e. The van der Waals surface area contributed by atoms with E-state index in [0.29, 0.717) is 11.1 Å². The zero-order chi connectivity index (χ0) is 21.0. The predicted octanol–water partition coefficient (Wildman–Crippen LogP) is 4.02. The maximum atomic E-state index is 12.4. The smallest absolute Gasteiger partial charge is 0.367 e. The van der Waals surface area contributed by atoms with E-state index in [4.69, 9.17) is 0 Å². The predicted molar refractivity (Wildman–Crippen MR) is 101 cm³/mol. The van der Waals surface area contributed by atoms with Crippen LogP contribution in [-0.4, -0.2) is 33.5 Å². The Morgan fingerprint density at radius 1 is 1.17 bits per heavy atom. The fourth-order valence-corrected chi connectivity index (χ4v) is 2.76. The third kappa shape index (κ3) is 5.54. The monoisotopic (exact) mass is 406 g/mol. The number of alkyl halides is 3. The van der Waals surface area contributed by atoms with Crippen LogP contribution in [0.5, 0.6) is 0 Å². The molecular formula is C20H21F3N4O2. The fourth-order valence-electron chi connectivity index (χ4n) is 2.76. The van der Waals surface area contributed by atoms with Crippen LogP contribution in [0.25, 0.3) is 11.0 Å². The van der Waals surface area contributed by atoms with E-state index >= 15 is 0 Å². The van der Waals surface area contributed by atoms with Gasteiger partial charge in [-0.1, -0.05) is 24.3 Å². The number of pyridine rings is 1. The number of fused-ring (bicyclic) bond motifs is 1. The number of amides is 1. The molecule has 154 valence electrons. The fraction of sp³-hybridized carbons (Fsp3) is 0.350. The summed E-state index contributed by atoms with van der Waals surface area (Å²) in [6, 6.07) is 8.73. The molecule has 0 bridgehead atoms. The molecule has 9 heteroatoms. The van der Waals surface area contributed by atoms with E-state index in [-0.39, 0.29) is 25.1 Å². The number of aromatic nitrogens is 3. The highest BCUT2D eigenvalue weighted by atomic mass is 19.4. The first-order valence-corrected chi connectivity index (χ1v) is 9.07. The zero-order valence-corrected chi connectivity index (χ0v) is 16.0. The van der Waals surface area contributed by atoms with Crippen LogP contribution in [0, 0.1) is 0 Å². The molecule has 29 heavy (non-hydrogen) atoms. The van der Waals surface area contributed by atoms with Gasteiger partial charge >= 0.3 is 6.18 Å². The van der Waals surface area contributed by atoms with Gasteiger partial charge in [-0.05, 0) is 31.0 Å². The Hall–Kier alpha value is -2.94. The average Bonchev–Trinajstić information content (AvgIpc) is 3.09. The number of ether oxygens (including phenoxy) is 1. The van der Waals surface area contributed by atoms with Gasteiger partial charge in [0.25, 0.3) is 5.91 Å². The van der Waals surface area contributed by atoms with Gasteiger partial charge in [0, 0.05) is 24.2 Å². The second kappa shape index (κ2) is 8.60. The zero-order valence-electron chi connectivity index (χ0n) is 16.0. The van der Waals surface area contributed by atoms with Crippen LogP contribution >= 0.6 is 0 Å². The summed E-state index contributed by atoms with van der Waals surface area (Å²) in [5.74, 6) is -0.269. The molecule has 1 N–H and O–H groups in total. The molecule has 2 heterocycles. The van der Waals surface area contributed by atoms with Crippen LogP contribution in [0.15, 0.2) is 42.7 Å². The summed E-state index contributed by atoms with van der Waals surface area (Å²) < 4.78 is 42.7. The van der Waals surface area contributed by atoms with Crippen molar-refractivity contribution in [1.82, 2.24) is 20.1 Å². The maximum absolute atomic E-state index is 12.4. The molecule has 0 saturated carbocycles. The number of nitrogens with one attached hydrogen (secondary N) is 1. The van der Waals surface area contributed by atoms with Crippen molar-refractivity contribution >= 4 is 16.9 Å². The lowest BCUT2D eigenvalue weighted by molar-refractivity contribution is -0.176. The van der Waals surface area contributed by atoms with Gasteiger partial charge in [-0.2, -0.15) is 18.3 Å². The molecule has 3 aromatic rings. The highest BCUT2D eigenvalue weighted by Crippen LogP contribution is 2.17. The lowest BCUT2D eigenvalue weighted by Gasteiger charge is -2.09. The number of carbonyl (C=O) groups is 1. The Bertz CT molecular complexity index is 982. The highest BCUT2D eigenvalue weighted by molar-refractivity contribution is 5.96. The van der Waals surface area contributed by atoms with Gasteiger partial charge in [0.05, 0.1) is 18.4 Å². The van der Waals surface area contributed by atoms with Gasteiger partial charge in [0.2, 0.25) is 0 Å². The number of rotatable bonds is 7. The summed E-state index contributed by atoms with van der Waals surface area (Å²) in [5, 5.41) is 7.87. The lowest BCUT2D eigenvalue weighted by Crippen LogP contribution is -2.23. The highest BCUT2D eigenvalue weighted by Gasteiger charge is 2.27. The van der Waals surface area contributed by atoms with Crippen molar-refractivity contribution in [3.63, 3.8) is 0 Å². The van der Waals surface area contributed by atoms with Crippen molar-refractivity contribution in [2.75, 3.05) is 6.61 Å². The number of nitrogens with zero attached hydrogens (tertiary/aromatic N) is 3. The Kier molecular flexibility index (Phi) is 6.17. The molecule has 0 spiro atoms. The Morgan fingerprint density at radius 2 is 1.86 bits per heavy atom. The SMILES string of the molecule is CC(C)n1ncc2cc(C(=O)NCc3ccc(COCC(F)(F)F)cc3)cnc21. The Morgan fingerprint density at radius 3 is 2.52 bits per heavy atom. The Balaban J connectivity index is 1.55. The lowest BCUT2D eigenvalue weighted by atomic mass is 10.1. The third-order valence-electron chi connectivity index (χ3n) is 4.20. The van der Waals surface area contributed by atoms with Crippen LogP contribution in [0.1, 0.15) is 41.4 Å². The van der Waals surface area contributed by atoms with Crippen molar-refractivity contribution in [2.45, 2.75) is 39.2 Å². The second-order valence-electron chi connectivity index (χ2n) is 6.93. The third-order valence-corrected chi connectivity index (χ3v) is 4.20. The summed E-state index contributed by atoms with van der Waals surface area (Å²) in [6.07, 6.45) is -1.15. The quantitative estimate of drug-likeness (QED) is 0.644. The minimum absolute atomic E-state index is 0.123. The summed E-state index contributed by atoms with van der Waals surface area (Å²) in [4.78, 5) is 16.7. The molecule has 0 saturated heterocycles. The summed E-state index contributed by atoms with van der Waals surface area (Å²) in [6.45, 7) is 2.89. The van der Waals surface area contributed by atoms with E-state index in [9.17, 15) is 18.0 Å². The van der Waals surface area contributed by atoms with Gasteiger partial charge in [0.1, 0.15) is 6.61 Å². The number of hydrogen-bond acceptors (Lipinski definition) is 4. The first-order valence-electron chi connectivity index (χ1n) is 9.07. The average molecular weight is 406 g/mol. The van der Waals surface area contributed by atoms with Gasteiger partial charge in [-0.25, -0.2) is 9.67 Å². The number of hydrogen-bond donors (Lipinski definition) is 1. The minimum Gasteiger partial charge on any atom is -0.367 e. The number of carbonyl (C=O) groups excluding carboxylic acids is 1. The Labute approximate surface area is 165 Å². The van der Waals surface area contributed by atoms with Crippen LogP contribution in [0.3, 0.4) is 0 Å². The molecule has 0 radical (unpaired) electrons. The molecule has 1 aromatic carbocycles. The van der Waals surface area contributed by atoms with E-state index in [1.165, 1.54) is 6.20 Å². The van der Waals surface area contributed by atoms with Crippen molar-refractivity contribution in [1.29, 1.82) is 0 Å². The van der Waals surface area contributed by atoms with Gasteiger partial charge in [-0.15, -0.1) is 0 Å². The molecule has 0 aliphatic rings. The van der Waals surface area contributed by atoms with Crippen molar-refractivity contribution in [3.8, 4) is 0 Å². The van der Waals surface area contributed by atoms with Crippen LogP contribution in [0.2, 0.25) is 0 Å². The molecule has 0 unspecified atom stereocenters. The van der Waals surface area contributed by atoms with E-state index in [2.05, 4.69) is 20.1 Å². The van der Waals surface area contributed by atoms with Crippen molar-refractivity contribution < 1.29 is 22.7 Å². The molecular weight excluding hydrogens is 385 g/mol. The minimum atomic E-state index is -4.34. The van der Waals surface area contributed by atoms with E-state index in [1.807, 2.05) is 13.8 Å². The number of halogens is 3. The van der Waals surface area contributed by atoms with Crippen LogP contribution in [0.4, 0.5) is 13.2 Å². The van der Waals surface area contributed by atoms with E-state index in [0.717, 1.165) is 16.6 Å². The largest absolute Gasteiger partial charge is 0.411 e. The van der Waals surface area contributed by atoms with Crippen molar-refractivity contribution in [3.05, 3.63) is 59.4 Å². The second-order valence-corrected chi connectivity index (χ2v) is 6.93. The molecule has 3 rings (SSSR count). The first kappa shape index (κ1) is 20.8. The summed E-state index contributed by atoms with van der Waals surface area (Å²) in [5.41, 5.74) is 2.60. The molecule has 6 nitrogen and oxygen atoms in total. The molecule has 1 amide bonds. The van der Waals surface area contributed by atoms with E-state index in [1.54, 1.807) is 41.2 Å². The van der Waals surface area contributed by atoms with Crippen molar-refractivity contribution in [2.24, 2.45) is 0 Å². The van der Waals surface area contributed by atoms with Gasteiger partial charge in [-0.3, -0.25) is 4.79 Å². The van der Waals surface area contributed by atoms with Gasteiger partial charge < -0.3 is 10.1 Å². The molecule has 0 fully saturated rings. The summed E-state index contributed by atoms with van der Waals surface area (Å²) >= 11 is 0. The molecule has 0 atom stereocenters. The summed E-state index contributed by atoms with van der Waals surface area (Å²) in [7, 11) is 0. The van der Waals surface area contributed by atoms with Crippen LogP contribution < -0.4 is 5.32 Å². The molecule has 0 aliphatic heterocycles. The van der Waals surface area contributed by atoms with Crippen LogP contribution in [-0.2, 0) is 17.9 Å². The molecule has 0 aliphatic carbocycles. The van der Waals surface area contributed by atoms with Gasteiger partial charge in [0.15, 0.2) is 5.65 Å². The topological polar surface area (TPSA) is 69.0 Å². The normalized spacial score (nSPS) is 11.9. The molecule has 2 aromatic heterocycles. The standard InChI is InChI=1S/C20H21F3N4O2/c1-13(2)27-18-16(10-26-27)7-17(9-24-18)19(28)25-8-14-3-5-15(6-4-14)11-29-12-20(21,22)23/h3-7,9-10,13H,8,11-12H2,1-2H3,(H,25,28). The number of benzene rings is 1.